The van der Waals surface area contributed by atoms with Crippen LogP contribution in [0.15, 0.2) is 41.5 Å². The van der Waals surface area contributed by atoms with Crippen LogP contribution in [-0.4, -0.2) is 55.7 Å². The molecule has 29 heavy (non-hydrogen) atoms. The van der Waals surface area contributed by atoms with Crippen LogP contribution in [0.1, 0.15) is 29.5 Å². The number of hydrogen-bond donors (Lipinski definition) is 1. The highest BCUT2D eigenvalue weighted by Crippen LogP contribution is 2.24. The lowest BCUT2D eigenvalue weighted by Gasteiger charge is -2.23. The minimum Gasteiger partial charge on any atom is -0.504 e. The van der Waals surface area contributed by atoms with Crippen LogP contribution in [0.3, 0.4) is 0 Å². The van der Waals surface area contributed by atoms with E-state index in [4.69, 9.17) is 4.74 Å². The van der Waals surface area contributed by atoms with Gasteiger partial charge in [0.2, 0.25) is 0 Å². The predicted octanol–water partition coefficient (Wildman–Crippen LogP) is 3.97. The number of aromatic hydroxyl groups is 1. The maximum absolute atomic E-state index is 14.2. The van der Waals surface area contributed by atoms with E-state index in [-0.39, 0.29) is 5.75 Å². The molecule has 0 unspecified atom stereocenters. The highest BCUT2D eigenvalue weighted by Gasteiger charge is 2.12. The number of anilines is 1. The summed E-state index contributed by atoms with van der Waals surface area (Å²) in [6, 6.07) is 11.5. The van der Waals surface area contributed by atoms with E-state index in [0.717, 1.165) is 18.7 Å². The van der Waals surface area contributed by atoms with Crippen LogP contribution >= 0.6 is 0 Å². The van der Waals surface area contributed by atoms with Gasteiger partial charge in [0, 0.05) is 24.3 Å². The minimum atomic E-state index is -0.653. The molecular weight excluding hydrogens is 369 g/mol. The van der Waals surface area contributed by atoms with E-state index in [1.54, 1.807) is 6.07 Å². The number of hydrogen-bond acceptors (Lipinski definition) is 5. The van der Waals surface area contributed by atoms with Crippen molar-refractivity contribution >= 4 is 24.1 Å². The lowest BCUT2D eigenvalue weighted by atomic mass is 10.1. The van der Waals surface area contributed by atoms with Crippen molar-refractivity contribution in [3.8, 4) is 5.75 Å². The monoisotopic (exact) mass is 395 g/mol. The van der Waals surface area contributed by atoms with Crippen molar-refractivity contribution < 1.29 is 14.2 Å². The van der Waals surface area contributed by atoms with Crippen LogP contribution < -0.4 is 4.90 Å². The first-order valence-electron chi connectivity index (χ1n) is 10.1. The summed E-state index contributed by atoms with van der Waals surface area (Å²) in [7, 11) is 0. The first kappa shape index (κ1) is 19.5. The van der Waals surface area contributed by atoms with Gasteiger partial charge in [-0.05, 0) is 48.2 Å². The fourth-order valence-electron chi connectivity index (χ4n) is 3.61. The van der Waals surface area contributed by atoms with Crippen LogP contribution in [0, 0.1) is 5.82 Å². The van der Waals surface area contributed by atoms with Gasteiger partial charge < -0.3 is 14.7 Å². The Balaban J connectivity index is 1.47. The third kappa shape index (κ3) is 4.95. The molecule has 0 bridgehead atoms. The summed E-state index contributed by atoms with van der Waals surface area (Å²) in [6.07, 6.45) is 7.81. The zero-order valence-electron chi connectivity index (χ0n) is 16.4. The third-order valence-electron chi connectivity index (χ3n) is 5.30. The average molecular weight is 395 g/mol. The van der Waals surface area contributed by atoms with Gasteiger partial charge in [0.05, 0.1) is 32.5 Å². The number of ether oxygens (including phenoxy) is 1. The van der Waals surface area contributed by atoms with Gasteiger partial charge in [-0.1, -0.05) is 24.3 Å². The fraction of sp³-hybridized carbons (Fsp3) is 0.348. The highest BCUT2D eigenvalue weighted by atomic mass is 19.1. The zero-order valence-corrected chi connectivity index (χ0v) is 16.4. The number of halogens is 1. The molecule has 2 aliphatic heterocycles. The number of nitrogens with zero attached hydrogens (tertiary/aromatic N) is 3. The van der Waals surface area contributed by atoms with E-state index in [2.05, 4.69) is 34.3 Å². The Kier molecular flexibility index (Phi) is 6.10. The summed E-state index contributed by atoms with van der Waals surface area (Å²) in [5, 5.41) is 16.2. The molecule has 0 aliphatic carbocycles. The van der Waals surface area contributed by atoms with E-state index in [9.17, 15) is 9.50 Å². The quantitative estimate of drug-likeness (QED) is 0.615. The third-order valence-corrected chi connectivity index (χ3v) is 5.30. The van der Waals surface area contributed by atoms with E-state index in [1.807, 2.05) is 17.2 Å². The highest BCUT2D eigenvalue weighted by molar-refractivity contribution is 5.85. The second-order valence-corrected chi connectivity index (χ2v) is 7.37. The first-order chi connectivity index (χ1) is 14.2. The van der Waals surface area contributed by atoms with Gasteiger partial charge in [0.25, 0.3) is 0 Å². The molecule has 2 aromatic carbocycles. The normalized spacial score (nSPS) is 17.7. The van der Waals surface area contributed by atoms with Crippen molar-refractivity contribution in [3.05, 3.63) is 58.9 Å². The molecule has 2 saturated heterocycles. The second-order valence-electron chi connectivity index (χ2n) is 7.37. The summed E-state index contributed by atoms with van der Waals surface area (Å²) in [5.74, 6) is -1.03. The van der Waals surface area contributed by atoms with Crippen molar-refractivity contribution in [2.75, 3.05) is 44.3 Å². The van der Waals surface area contributed by atoms with E-state index in [0.29, 0.717) is 37.4 Å². The average Bonchev–Trinajstić information content (AvgIpc) is 3.29. The molecule has 4 rings (SSSR count). The van der Waals surface area contributed by atoms with Crippen LogP contribution in [0.2, 0.25) is 0 Å². The second kappa shape index (κ2) is 9.09. The summed E-state index contributed by atoms with van der Waals surface area (Å²) >= 11 is 0. The van der Waals surface area contributed by atoms with Crippen molar-refractivity contribution in [2.24, 2.45) is 5.10 Å². The topological polar surface area (TPSA) is 48.3 Å². The maximum Gasteiger partial charge on any atom is 0.166 e. The van der Waals surface area contributed by atoms with Gasteiger partial charge in [-0.2, -0.15) is 5.10 Å². The van der Waals surface area contributed by atoms with Crippen molar-refractivity contribution in [2.45, 2.75) is 12.8 Å². The fourth-order valence-corrected chi connectivity index (χ4v) is 3.61. The SMILES string of the molecule is Oc1c(F)cc(/C=C/c2ccc(N3CCCC3)cc2)cc1/C=N/N1CCOCC1. The molecule has 1 N–H and O–H groups in total. The summed E-state index contributed by atoms with van der Waals surface area (Å²) in [6.45, 7) is 4.86. The molecule has 2 fully saturated rings. The molecule has 152 valence electrons. The first-order valence-corrected chi connectivity index (χ1v) is 10.1. The number of phenolic OH excluding ortho intramolecular Hbond substituents is 1. The van der Waals surface area contributed by atoms with E-state index in [1.165, 1.54) is 30.8 Å². The van der Waals surface area contributed by atoms with Gasteiger partial charge >= 0.3 is 0 Å². The Morgan fingerprint density at radius 1 is 0.931 bits per heavy atom. The van der Waals surface area contributed by atoms with Crippen molar-refractivity contribution in [1.82, 2.24) is 5.01 Å². The molecule has 0 atom stereocenters. The van der Waals surface area contributed by atoms with Gasteiger partial charge in [0.1, 0.15) is 0 Å². The molecule has 0 saturated carbocycles. The summed E-state index contributed by atoms with van der Waals surface area (Å²) < 4.78 is 19.5. The van der Waals surface area contributed by atoms with E-state index < -0.39 is 5.82 Å². The molecule has 2 aromatic rings. The van der Waals surface area contributed by atoms with Crippen LogP contribution in [0.25, 0.3) is 12.2 Å². The van der Waals surface area contributed by atoms with Gasteiger partial charge in [-0.15, -0.1) is 0 Å². The summed E-state index contributed by atoms with van der Waals surface area (Å²) in [5.41, 5.74) is 3.33. The standard InChI is InChI=1S/C23H26FN3O2/c24-22-16-19(15-20(23(22)28)17-25-27-11-13-29-14-12-27)4-3-18-5-7-21(8-6-18)26-9-1-2-10-26/h3-8,15-17,28H,1-2,9-14H2/b4-3+,25-17+. The number of rotatable bonds is 5. The molecule has 2 heterocycles. The molecule has 0 radical (unpaired) electrons. The van der Waals surface area contributed by atoms with Crippen LogP contribution in [-0.2, 0) is 4.74 Å². The van der Waals surface area contributed by atoms with Gasteiger partial charge in [-0.3, -0.25) is 5.01 Å². The molecule has 2 aliphatic rings. The molecule has 0 spiro atoms. The molecule has 5 nitrogen and oxygen atoms in total. The summed E-state index contributed by atoms with van der Waals surface area (Å²) in [4.78, 5) is 2.39. The molecular formula is C23H26FN3O2. The predicted molar refractivity (Wildman–Crippen MR) is 115 cm³/mol. The van der Waals surface area contributed by atoms with E-state index >= 15 is 0 Å². The van der Waals surface area contributed by atoms with Crippen LogP contribution in [0.4, 0.5) is 10.1 Å². The number of phenols is 1. The van der Waals surface area contributed by atoms with Crippen molar-refractivity contribution in [3.63, 3.8) is 0 Å². The lowest BCUT2D eigenvalue weighted by Crippen LogP contribution is -2.32. The number of benzene rings is 2. The Labute approximate surface area is 170 Å². The molecule has 0 amide bonds. The number of morpholine rings is 1. The van der Waals surface area contributed by atoms with Crippen LogP contribution in [0.5, 0.6) is 5.75 Å². The number of hydrazone groups is 1. The lowest BCUT2D eigenvalue weighted by molar-refractivity contribution is 0.0397. The minimum absolute atomic E-state index is 0.362. The molecule has 0 aromatic heterocycles. The van der Waals surface area contributed by atoms with Crippen molar-refractivity contribution in [1.29, 1.82) is 0 Å². The van der Waals surface area contributed by atoms with Gasteiger partial charge in [-0.25, -0.2) is 4.39 Å². The Bertz CT molecular complexity index is 884. The largest absolute Gasteiger partial charge is 0.504 e. The maximum atomic E-state index is 14.2. The van der Waals surface area contributed by atoms with Gasteiger partial charge in [0.15, 0.2) is 11.6 Å². The Morgan fingerprint density at radius 2 is 1.62 bits per heavy atom. The Hall–Kier alpha value is -2.86. The smallest absolute Gasteiger partial charge is 0.166 e. The molecule has 6 heteroatoms. The Morgan fingerprint density at radius 3 is 2.34 bits per heavy atom. The zero-order chi connectivity index (χ0) is 20.1.